The highest BCUT2D eigenvalue weighted by Gasteiger charge is 2.16. The number of quaternary nitrogens is 1. The lowest BCUT2D eigenvalue weighted by atomic mass is 10.1. The normalized spacial score (nSPS) is 11.5. The van der Waals surface area contributed by atoms with Gasteiger partial charge in [-0.25, -0.2) is 0 Å². The third-order valence-corrected chi connectivity index (χ3v) is 5.07. The Morgan fingerprint density at radius 2 is 1.79 bits per heavy atom. The lowest BCUT2D eigenvalue weighted by Gasteiger charge is -2.15. The Labute approximate surface area is 174 Å². The number of benzene rings is 2. The molecular weight excluding hydrogens is 386 g/mol. The van der Waals surface area contributed by atoms with Gasteiger partial charge in [0.15, 0.2) is 6.54 Å². The number of hydrogen-bond acceptors (Lipinski definition) is 4. The molecule has 0 radical (unpaired) electrons. The van der Waals surface area contributed by atoms with Crippen LogP contribution < -0.4 is 20.3 Å². The Kier molecular flexibility index (Phi) is 6.99. The Hall–Kier alpha value is -3.16. The van der Waals surface area contributed by atoms with Crippen LogP contribution >= 0.6 is 11.3 Å². The summed E-state index contributed by atoms with van der Waals surface area (Å²) < 4.78 is 5.12. The fraction of sp³-hybridized carbons (Fsp3) is 0.182. The van der Waals surface area contributed by atoms with Crippen LogP contribution in [0.25, 0.3) is 0 Å². The summed E-state index contributed by atoms with van der Waals surface area (Å²) in [5.74, 6) is 0.289. The molecule has 2 aromatic carbocycles. The fourth-order valence-electron chi connectivity index (χ4n) is 2.94. The SMILES string of the molecule is COc1ccc(NC(=O)c2ccccc2NC(=O)C[NH+](C)Cc2ccsc2)cc1. The van der Waals surface area contributed by atoms with Gasteiger partial charge in [-0.15, -0.1) is 0 Å². The molecule has 2 amide bonds. The molecule has 0 aliphatic rings. The average molecular weight is 411 g/mol. The van der Waals surface area contributed by atoms with Crippen LogP contribution in [0.1, 0.15) is 15.9 Å². The smallest absolute Gasteiger partial charge is 0.279 e. The molecular formula is C22H24N3O3S+. The number of hydrogen-bond donors (Lipinski definition) is 3. The molecule has 29 heavy (non-hydrogen) atoms. The quantitative estimate of drug-likeness (QED) is 0.535. The number of amides is 2. The standard InChI is InChI=1S/C22H23N3O3S/c1-25(13-16-11-12-29-15-16)14-21(26)24-20-6-4-3-5-19(20)22(27)23-17-7-9-18(28-2)10-8-17/h3-12,15H,13-14H2,1-2H3,(H,23,27)(H,24,26)/p+1. The lowest BCUT2D eigenvalue weighted by molar-refractivity contribution is -0.885. The topological polar surface area (TPSA) is 71.9 Å². The van der Waals surface area contributed by atoms with Crippen LogP contribution in [-0.2, 0) is 11.3 Å². The Balaban J connectivity index is 1.62. The molecule has 0 bridgehead atoms. The van der Waals surface area contributed by atoms with Gasteiger partial charge < -0.3 is 20.3 Å². The number of carbonyl (C=O) groups is 2. The first-order valence-corrected chi connectivity index (χ1v) is 10.2. The molecule has 3 N–H and O–H groups in total. The maximum Gasteiger partial charge on any atom is 0.279 e. The van der Waals surface area contributed by atoms with Gasteiger partial charge in [0.2, 0.25) is 0 Å². The van der Waals surface area contributed by atoms with E-state index in [0.29, 0.717) is 29.2 Å². The zero-order valence-electron chi connectivity index (χ0n) is 16.4. The highest BCUT2D eigenvalue weighted by Crippen LogP contribution is 2.19. The molecule has 1 aromatic heterocycles. The van der Waals surface area contributed by atoms with Crippen molar-refractivity contribution in [3.8, 4) is 5.75 Å². The van der Waals surface area contributed by atoms with E-state index in [1.54, 1.807) is 67.0 Å². The second kappa shape index (κ2) is 9.86. The largest absolute Gasteiger partial charge is 0.497 e. The summed E-state index contributed by atoms with van der Waals surface area (Å²) in [4.78, 5) is 26.3. The number of likely N-dealkylation sites (N-methyl/N-ethyl adjacent to an activating group) is 1. The molecule has 0 aliphatic carbocycles. The minimum absolute atomic E-state index is 0.137. The predicted octanol–water partition coefficient (Wildman–Crippen LogP) is 2.66. The molecule has 0 saturated carbocycles. The van der Waals surface area contributed by atoms with E-state index in [1.807, 2.05) is 12.4 Å². The maximum atomic E-state index is 12.7. The third-order valence-electron chi connectivity index (χ3n) is 4.34. The monoisotopic (exact) mass is 410 g/mol. The molecule has 1 atom stereocenters. The Bertz CT molecular complexity index is 956. The van der Waals surface area contributed by atoms with Crippen molar-refractivity contribution >= 4 is 34.5 Å². The van der Waals surface area contributed by atoms with Gasteiger partial charge >= 0.3 is 0 Å². The number of rotatable bonds is 8. The van der Waals surface area contributed by atoms with Crippen LogP contribution in [0.15, 0.2) is 65.4 Å². The van der Waals surface area contributed by atoms with Gasteiger partial charge in [-0.1, -0.05) is 12.1 Å². The second-order valence-electron chi connectivity index (χ2n) is 6.72. The van der Waals surface area contributed by atoms with Crippen molar-refractivity contribution in [1.82, 2.24) is 0 Å². The summed E-state index contributed by atoms with van der Waals surface area (Å²) in [6.07, 6.45) is 0. The van der Waals surface area contributed by atoms with Crippen molar-refractivity contribution in [2.24, 2.45) is 0 Å². The minimum atomic E-state index is -0.287. The highest BCUT2D eigenvalue weighted by atomic mass is 32.1. The number of ether oxygens (including phenoxy) is 1. The zero-order valence-corrected chi connectivity index (χ0v) is 17.2. The van der Waals surface area contributed by atoms with Crippen molar-refractivity contribution in [2.75, 3.05) is 31.3 Å². The van der Waals surface area contributed by atoms with Gasteiger partial charge in [0.25, 0.3) is 11.8 Å². The van der Waals surface area contributed by atoms with Crippen LogP contribution in [0.2, 0.25) is 0 Å². The van der Waals surface area contributed by atoms with E-state index in [2.05, 4.69) is 22.1 Å². The molecule has 1 heterocycles. The maximum absolute atomic E-state index is 12.7. The number of para-hydroxylation sites is 1. The van der Waals surface area contributed by atoms with Gasteiger partial charge in [-0.3, -0.25) is 9.59 Å². The van der Waals surface area contributed by atoms with Gasteiger partial charge in [-0.2, -0.15) is 11.3 Å². The molecule has 150 valence electrons. The van der Waals surface area contributed by atoms with Crippen LogP contribution in [0, 0.1) is 0 Å². The Morgan fingerprint density at radius 1 is 1.03 bits per heavy atom. The Morgan fingerprint density at radius 3 is 2.48 bits per heavy atom. The highest BCUT2D eigenvalue weighted by molar-refractivity contribution is 7.07. The summed E-state index contributed by atoms with van der Waals surface area (Å²) in [5, 5.41) is 9.82. The summed E-state index contributed by atoms with van der Waals surface area (Å²) in [7, 11) is 3.56. The van der Waals surface area contributed by atoms with E-state index in [4.69, 9.17) is 4.74 Å². The van der Waals surface area contributed by atoms with Crippen LogP contribution in [-0.4, -0.2) is 32.5 Å². The first kappa shape index (κ1) is 20.6. The van der Waals surface area contributed by atoms with Gasteiger partial charge in [0, 0.05) is 11.3 Å². The summed E-state index contributed by atoms with van der Waals surface area (Å²) >= 11 is 1.65. The molecule has 7 heteroatoms. The van der Waals surface area contributed by atoms with Gasteiger partial charge in [0.1, 0.15) is 12.3 Å². The van der Waals surface area contributed by atoms with E-state index in [9.17, 15) is 9.59 Å². The van der Waals surface area contributed by atoms with Crippen molar-refractivity contribution < 1.29 is 19.2 Å². The first-order chi connectivity index (χ1) is 14.0. The number of methoxy groups -OCH3 is 1. The summed E-state index contributed by atoms with van der Waals surface area (Å²) in [6.45, 7) is 1.08. The molecule has 0 spiro atoms. The van der Waals surface area contributed by atoms with Crippen molar-refractivity contribution in [3.63, 3.8) is 0 Å². The van der Waals surface area contributed by atoms with Crippen LogP contribution in [0.4, 0.5) is 11.4 Å². The predicted molar refractivity (Wildman–Crippen MR) is 116 cm³/mol. The molecule has 3 aromatic rings. The number of carbonyl (C=O) groups excluding carboxylic acids is 2. The van der Waals surface area contributed by atoms with Crippen LogP contribution in [0.5, 0.6) is 5.75 Å². The van der Waals surface area contributed by atoms with E-state index in [1.165, 1.54) is 5.56 Å². The molecule has 1 unspecified atom stereocenters. The van der Waals surface area contributed by atoms with Crippen molar-refractivity contribution in [3.05, 3.63) is 76.5 Å². The molecule has 0 aliphatic heterocycles. The van der Waals surface area contributed by atoms with Gasteiger partial charge in [-0.05, 0) is 53.2 Å². The zero-order chi connectivity index (χ0) is 20.6. The van der Waals surface area contributed by atoms with E-state index in [0.717, 1.165) is 11.4 Å². The third kappa shape index (κ3) is 5.91. The average Bonchev–Trinajstić information content (AvgIpc) is 3.21. The second-order valence-corrected chi connectivity index (χ2v) is 7.50. The van der Waals surface area contributed by atoms with Crippen molar-refractivity contribution in [2.45, 2.75) is 6.54 Å². The van der Waals surface area contributed by atoms with E-state index in [-0.39, 0.29) is 11.8 Å². The first-order valence-electron chi connectivity index (χ1n) is 9.22. The van der Waals surface area contributed by atoms with Crippen LogP contribution in [0.3, 0.4) is 0 Å². The van der Waals surface area contributed by atoms with Gasteiger partial charge in [0.05, 0.1) is 25.4 Å². The summed E-state index contributed by atoms with van der Waals surface area (Å²) in [6, 6.07) is 16.1. The molecule has 0 saturated heterocycles. The lowest BCUT2D eigenvalue weighted by Crippen LogP contribution is -3.08. The fourth-order valence-corrected chi connectivity index (χ4v) is 3.60. The number of nitrogens with one attached hydrogen (secondary N) is 3. The number of anilines is 2. The minimum Gasteiger partial charge on any atom is -0.497 e. The molecule has 0 fully saturated rings. The molecule has 3 rings (SSSR count). The van der Waals surface area contributed by atoms with E-state index >= 15 is 0 Å². The van der Waals surface area contributed by atoms with E-state index < -0.39 is 0 Å². The summed E-state index contributed by atoms with van der Waals surface area (Å²) in [5.41, 5.74) is 2.76. The number of thiophene rings is 1. The molecule has 6 nitrogen and oxygen atoms in total. The van der Waals surface area contributed by atoms with Crippen molar-refractivity contribution in [1.29, 1.82) is 0 Å².